The van der Waals surface area contributed by atoms with E-state index < -0.39 is 35.3 Å². The van der Waals surface area contributed by atoms with E-state index in [9.17, 15) is 18.0 Å². The number of halogens is 3. The fourth-order valence-electron chi connectivity index (χ4n) is 2.63. The van der Waals surface area contributed by atoms with Crippen LogP contribution in [0.2, 0.25) is 0 Å². The zero-order valence-electron chi connectivity index (χ0n) is 9.63. The second kappa shape index (κ2) is 5.00. The Morgan fingerprint density at radius 2 is 1.78 bits per heavy atom. The van der Waals surface area contributed by atoms with Gasteiger partial charge in [0.25, 0.3) is 0 Å². The van der Waals surface area contributed by atoms with E-state index in [-0.39, 0.29) is 5.56 Å². The molecule has 0 radical (unpaired) electrons. The van der Waals surface area contributed by atoms with E-state index in [4.69, 9.17) is 5.11 Å². The van der Waals surface area contributed by atoms with Gasteiger partial charge in [-0.05, 0) is 24.5 Å². The summed E-state index contributed by atoms with van der Waals surface area (Å²) in [5.74, 6) is -6.34. The van der Waals surface area contributed by atoms with Gasteiger partial charge in [0.15, 0.2) is 17.5 Å². The van der Waals surface area contributed by atoms with E-state index in [0.717, 1.165) is 25.0 Å². The minimum atomic E-state index is -1.53. The molecule has 1 aliphatic carbocycles. The molecule has 0 saturated heterocycles. The normalized spacial score (nSPS) is 23.9. The number of benzene rings is 1. The van der Waals surface area contributed by atoms with Gasteiger partial charge in [-0.25, -0.2) is 13.2 Å². The molecule has 2 nitrogen and oxygen atoms in total. The van der Waals surface area contributed by atoms with Gasteiger partial charge in [-0.15, -0.1) is 0 Å². The Kier molecular flexibility index (Phi) is 3.59. The first-order valence-corrected chi connectivity index (χ1v) is 5.88. The molecule has 1 N–H and O–H groups in total. The van der Waals surface area contributed by atoms with E-state index in [1.54, 1.807) is 0 Å². The number of hydrogen-bond donors (Lipinski definition) is 1. The van der Waals surface area contributed by atoms with Crippen LogP contribution in [0.25, 0.3) is 0 Å². The van der Waals surface area contributed by atoms with Crippen molar-refractivity contribution in [3.05, 3.63) is 35.1 Å². The lowest BCUT2D eigenvalue weighted by Crippen LogP contribution is -2.26. The lowest BCUT2D eigenvalue weighted by atomic mass is 9.75. The van der Waals surface area contributed by atoms with Crippen molar-refractivity contribution >= 4 is 5.97 Å². The van der Waals surface area contributed by atoms with Crippen LogP contribution in [-0.2, 0) is 4.79 Å². The minimum absolute atomic E-state index is 0.0269. The topological polar surface area (TPSA) is 37.3 Å². The highest BCUT2D eigenvalue weighted by Crippen LogP contribution is 2.39. The molecule has 0 heterocycles. The molecule has 98 valence electrons. The quantitative estimate of drug-likeness (QED) is 0.825. The zero-order valence-corrected chi connectivity index (χ0v) is 9.63. The third kappa shape index (κ3) is 2.21. The lowest BCUT2D eigenvalue weighted by Gasteiger charge is -2.29. The maximum Gasteiger partial charge on any atom is 0.307 e. The molecule has 1 aliphatic rings. The molecular weight excluding hydrogens is 245 g/mol. The Balaban J connectivity index is 2.40. The molecular formula is C13H13F3O2. The van der Waals surface area contributed by atoms with E-state index in [1.165, 1.54) is 0 Å². The van der Waals surface area contributed by atoms with Crippen LogP contribution in [-0.4, -0.2) is 11.1 Å². The molecule has 0 spiro atoms. The first-order valence-electron chi connectivity index (χ1n) is 5.88. The molecule has 0 aromatic heterocycles. The Bertz CT molecular complexity index is 474. The Hall–Kier alpha value is -1.52. The van der Waals surface area contributed by atoms with E-state index in [2.05, 4.69) is 0 Å². The Morgan fingerprint density at radius 3 is 2.44 bits per heavy atom. The molecule has 1 fully saturated rings. The van der Waals surface area contributed by atoms with Crippen LogP contribution in [0.15, 0.2) is 12.1 Å². The molecule has 0 aliphatic heterocycles. The molecule has 1 aromatic rings. The van der Waals surface area contributed by atoms with E-state index >= 15 is 0 Å². The summed E-state index contributed by atoms with van der Waals surface area (Å²) in [6, 6.07) is 2.00. The summed E-state index contributed by atoms with van der Waals surface area (Å²) in [5.41, 5.74) is -0.0269. The van der Waals surface area contributed by atoms with Crippen LogP contribution in [0.5, 0.6) is 0 Å². The van der Waals surface area contributed by atoms with Crippen molar-refractivity contribution < 1.29 is 23.1 Å². The van der Waals surface area contributed by atoms with Crippen molar-refractivity contribution in [3.8, 4) is 0 Å². The van der Waals surface area contributed by atoms with Crippen molar-refractivity contribution in [1.82, 2.24) is 0 Å². The number of hydrogen-bond acceptors (Lipinski definition) is 1. The number of carboxylic acids is 1. The molecule has 5 heteroatoms. The van der Waals surface area contributed by atoms with Gasteiger partial charge in [-0.2, -0.15) is 0 Å². The van der Waals surface area contributed by atoms with Crippen LogP contribution in [0.3, 0.4) is 0 Å². The number of carboxylic acid groups (broad SMARTS) is 1. The van der Waals surface area contributed by atoms with Gasteiger partial charge in [0.05, 0.1) is 5.92 Å². The zero-order chi connectivity index (χ0) is 13.3. The summed E-state index contributed by atoms with van der Waals surface area (Å²) in [7, 11) is 0. The summed E-state index contributed by atoms with van der Waals surface area (Å²) < 4.78 is 39.7. The number of carbonyl (C=O) groups is 1. The third-order valence-corrected chi connectivity index (χ3v) is 3.55. The second-order valence-corrected chi connectivity index (χ2v) is 4.60. The van der Waals surface area contributed by atoms with Crippen molar-refractivity contribution in [1.29, 1.82) is 0 Å². The summed E-state index contributed by atoms with van der Waals surface area (Å²) in [5, 5.41) is 9.09. The van der Waals surface area contributed by atoms with E-state index in [1.807, 2.05) is 0 Å². The summed E-state index contributed by atoms with van der Waals surface area (Å²) in [6.07, 6.45) is 2.46. The first-order chi connectivity index (χ1) is 8.52. The standard InChI is InChI=1S/C13H13F3O2/c14-10-6-5-8(11(15)12(10)16)7-3-1-2-4-9(7)13(17)18/h5-7,9H,1-4H2,(H,17,18). The van der Waals surface area contributed by atoms with Gasteiger partial charge in [-0.3, -0.25) is 4.79 Å². The van der Waals surface area contributed by atoms with Crippen LogP contribution >= 0.6 is 0 Å². The van der Waals surface area contributed by atoms with Crippen molar-refractivity contribution in [2.75, 3.05) is 0 Å². The fourth-order valence-corrected chi connectivity index (χ4v) is 2.63. The monoisotopic (exact) mass is 258 g/mol. The number of rotatable bonds is 2. The molecule has 2 unspecified atom stereocenters. The lowest BCUT2D eigenvalue weighted by molar-refractivity contribution is -0.143. The molecule has 0 amide bonds. The molecule has 0 bridgehead atoms. The molecule has 2 atom stereocenters. The van der Waals surface area contributed by atoms with Crippen LogP contribution in [0.4, 0.5) is 13.2 Å². The van der Waals surface area contributed by atoms with Gasteiger partial charge in [-0.1, -0.05) is 18.9 Å². The van der Waals surface area contributed by atoms with Gasteiger partial charge < -0.3 is 5.11 Å². The molecule has 18 heavy (non-hydrogen) atoms. The smallest absolute Gasteiger partial charge is 0.307 e. The van der Waals surface area contributed by atoms with Gasteiger partial charge in [0.1, 0.15) is 0 Å². The van der Waals surface area contributed by atoms with E-state index in [0.29, 0.717) is 12.8 Å². The fraction of sp³-hybridized carbons (Fsp3) is 0.462. The van der Waals surface area contributed by atoms with Gasteiger partial charge >= 0.3 is 5.97 Å². The van der Waals surface area contributed by atoms with Crippen molar-refractivity contribution in [2.45, 2.75) is 31.6 Å². The summed E-state index contributed by atoms with van der Waals surface area (Å²) in [4.78, 5) is 11.1. The van der Waals surface area contributed by atoms with Gasteiger partial charge in [0, 0.05) is 5.92 Å². The molecule has 1 saturated carbocycles. The SMILES string of the molecule is O=C(O)C1CCCCC1c1ccc(F)c(F)c1F. The van der Waals surface area contributed by atoms with Crippen LogP contribution < -0.4 is 0 Å². The highest BCUT2D eigenvalue weighted by Gasteiger charge is 2.34. The largest absolute Gasteiger partial charge is 0.481 e. The molecule has 2 rings (SSSR count). The third-order valence-electron chi connectivity index (χ3n) is 3.55. The minimum Gasteiger partial charge on any atom is -0.481 e. The maximum absolute atomic E-state index is 13.7. The van der Waals surface area contributed by atoms with Crippen molar-refractivity contribution in [3.63, 3.8) is 0 Å². The molecule has 1 aromatic carbocycles. The number of aliphatic carboxylic acids is 1. The maximum atomic E-state index is 13.7. The average molecular weight is 258 g/mol. The second-order valence-electron chi connectivity index (χ2n) is 4.60. The van der Waals surface area contributed by atoms with Crippen LogP contribution in [0, 0.1) is 23.4 Å². The average Bonchev–Trinajstić information content (AvgIpc) is 2.36. The highest BCUT2D eigenvalue weighted by molar-refractivity contribution is 5.71. The Morgan fingerprint density at radius 1 is 1.11 bits per heavy atom. The first kappa shape index (κ1) is 12.9. The Labute approximate surface area is 102 Å². The predicted molar refractivity (Wildman–Crippen MR) is 58.7 cm³/mol. The van der Waals surface area contributed by atoms with Crippen molar-refractivity contribution in [2.24, 2.45) is 5.92 Å². The summed E-state index contributed by atoms with van der Waals surface area (Å²) >= 11 is 0. The highest BCUT2D eigenvalue weighted by atomic mass is 19.2. The summed E-state index contributed by atoms with van der Waals surface area (Å²) in [6.45, 7) is 0. The predicted octanol–water partition coefficient (Wildman–Crippen LogP) is 3.46. The van der Waals surface area contributed by atoms with Gasteiger partial charge in [0.2, 0.25) is 0 Å². The van der Waals surface area contributed by atoms with Crippen LogP contribution in [0.1, 0.15) is 37.2 Å².